The summed E-state index contributed by atoms with van der Waals surface area (Å²) in [7, 11) is 0. The highest BCUT2D eigenvalue weighted by Gasteiger charge is 2.22. The number of nitrogens with one attached hydrogen (secondary N) is 1. The first-order chi connectivity index (χ1) is 8.40. The molecular formula is C13H22N2O3. The molecule has 18 heavy (non-hydrogen) atoms. The SMILES string of the molecule is C#CCNC(=O)C(C)N(CCCC(=O)O)C(C)C. The van der Waals surface area contributed by atoms with Crippen LogP contribution in [0.15, 0.2) is 0 Å². The molecule has 0 radical (unpaired) electrons. The lowest BCUT2D eigenvalue weighted by atomic mass is 10.1. The van der Waals surface area contributed by atoms with Crippen LogP contribution in [-0.4, -0.2) is 47.1 Å². The van der Waals surface area contributed by atoms with Crippen molar-refractivity contribution in [2.45, 2.75) is 45.7 Å². The second-order valence-corrected chi connectivity index (χ2v) is 4.43. The molecule has 0 aliphatic heterocycles. The van der Waals surface area contributed by atoms with Gasteiger partial charge in [-0.05, 0) is 33.7 Å². The van der Waals surface area contributed by atoms with Gasteiger partial charge < -0.3 is 10.4 Å². The van der Waals surface area contributed by atoms with Crippen molar-refractivity contribution in [2.75, 3.05) is 13.1 Å². The summed E-state index contributed by atoms with van der Waals surface area (Å²) < 4.78 is 0. The number of hydrogen-bond acceptors (Lipinski definition) is 3. The Hall–Kier alpha value is -1.54. The summed E-state index contributed by atoms with van der Waals surface area (Å²) >= 11 is 0. The molecule has 102 valence electrons. The number of carboxylic acid groups (broad SMARTS) is 1. The standard InChI is InChI=1S/C13H22N2O3/c1-5-8-14-13(18)11(4)15(10(2)3)9-6-7-12(16)17/h1,10-11H,6-9H2,2-4H3,(H,14,18)(H,16,17). The molecule has 1 atom stereocenters. The summed E-state index contributed by atoms with van der Waals surface area (Å²) in [6, 6.07) is -0.141. The Balaban J connectivity index is 4.35. The molecule has 1 amide bonds. The van der Waals surface area contributed by atoms with E-state index >= 15 is 0 Å². The van der Waals surface area contributed by atoms with Gasteiger partial charge in [-0.1, -0.05) is 5.92 Å². The smallest absolute Gasteiger partial charge is 0.303 e. The first-order valence-electron chi connectivity index (χ1n) is 6.08. The van der Waals surface area contributed by atoms with E-state index in [4.69, 9.17) is 11.5 Å². The van der Waals surface area contributed by atoms with Gasteiger partial charge in [0.2, 0.25) is 5.91 Å². The van der Waals surface area contributed by atoms with E-state index in [0.717, 1.165) is 0 Å². The number of amides is 1. The molecule has 0 saturated heterocycles. The predicted octanol–water partition coefficient (Wildman–Crippen LogP) is 0.700. The molecule has 0 aliphatic carbocycles. The Bertz CT molecular complexity index is 321. The third kappa shape index (κ3) is 6.26. The fourth-order valence-electron chi connectivity index (χ4n) is 1.75. The summed E-state index contributed by atoms with van der Waals surface area (Å²) in [4.78, 5) is 24.2. The number of hydrogen-bond donors (Lipinski definition) is 2. The minimum atomic E-state index is -0.817. The summed E-state index contributed by atoms with van der Waals surface area (Å²) in [5.74, 6) is 1.41. The van der Waals surface area contributed by atoms with E-state index in [1.54, 1.807) is 6.92 Å². The zero-order valence-electron chi connectivity index (χ0n) is 11.3. The Labute approximate surface area is 109 Å². The minimum Gasteiger partial charge on any atom is -0.481 e. The highest BCUT2D eigenvalue weighted by atomic mass is 16.4. The van der Waals surface area contributed by atoms with Gasteiger partial charge in [0.25, 0.3) is 0 Å². The molecule has 5 heteroatoms. The molecule has 2 N–H and O–H groups in total. The fourth-order valence-corrected chi connectivity index (χ4v) is 1.75. The second-order valence-electron chi connectivity index (χ2n) is 4.43. The molecule has 0 saturated carbocycles. The number of nitrogens with zero attached hydrogens (tertiary/aromatic N) is 1. The fraction of sp³-hybridized carbons (Fsp3) is 0.692. The molecule has 0 rings (SSSR count). The maximum absolute atomic E-state index is 11.8. The highest BCUT2D eigenvalue weighted by molar-refractivity contribution is 5.81. The minimum absolute atomic E-state index is 0.113. The summed E-state index contributed by atoms with van der Waals surface area (Å²) in [5.41, 5.74) is 0. The van der Waals surface area contributed by atoms with Crippen molar-refractivity contribution in [3.05, 3.63) is 0 Å². The van der Waals surface area contributed by atoms with E-state index in [1.807, 2.05) is 18.7 Å². The van der Waals surface area contributed by atoms with Crippen LogP contribution in [0, 0.1) is 12.3 Å². The normalized spacial score (nSPS) is 12.2. The van der Waals surface area contributed by atoms with Gasteiger partial charge >= 0.3 is 5.97 Å². The lowest BCUT2D eigenvalue weighted by Gasteiger charge is -2.31. The first kappa shape index (κ1) is 16.5. The van der Waals surface area contributed by atoms with Crippen LogP contribution in [0.3, 0.4) is 0 Å². The quantitative estimate of drug-likeness (QED) is 0.626. The van der Waals surface area contributed by atoms with Gasteiger partial charge in [-0.25, -0.2) is 0 Å². The van der Waals surface area contributed by atoms with Crippen molar-refractivity contribution < 1.29 is 14.7 Å². The number of carboxylic acids is 1. The van der Waals surface area contributed by atoms with Crippen molar-refractivity contribution in [1.82, 2.24) is 10.2 Å². The van der Waals surface area contributed by atoms with Gasteiger partial charge in [0.15, 0.2) is 0 Å². The van der Waals surface area contributed by atoms with E-state index in [-0.39, 0.29) is 31.0 Å². The van der Waals surface area contributed by atoms with Crippen LogP contribution in [0.25, 0.3) is 0 Å². The number of aliphatic carboxylic acids is 1. The molecule has 0 aromatic carbocycles. The van der Waals surface area contributed by atoms with Crippen molar-refractivity contribution >= 4 is 11.9 Å². The number of carbonyl (C=O) groups is 2. The van der Waals surface area contributed by atoms with Crippen LogP contribution < -0.4 is 5.32 Å². The molecule has 0 aromatic heterocycles. The maximum atomic E-state index is 11.8. The second kappa shape index (κ2) is 8.54. The van der Waals surface area contributed by atoms with Crippen LogP contribution in [0.4, 0.5) is 0 Å². The molecule has 0 fully saturated rings. The van der Waals surface area contributed by atoms with Gasteiger partial charge in [-0.3, -0.25) is 14.5 Å². The Morgan fingerprint density at radius 3 is 2.44 bits per heavy atom. The molecule has 5 nitrogen and oxygen atoms in total. The summed E-state index contributed by atoms with van der Waals surface area (Å²) in [5, 5.41) is 11.2. The van der Waals surface area contributed by atoms with Crippen molar-refractivity contribution in [1.29, 1.82) is 0 Å². The summed E-state index contributed by atoms with van der Waals surface area (Å²) in [6.07, 6.45) is 5.72. The monoisotopic (exact) mass is 254 g/mol. The topological polar surface area (TPSA) is 69.6 Å². The van der Waals surface area contributed by atoms with Gasteiger partial charge in [0, 0.05) is 12.5 Å². The van der Waals surface area contributed by atoms with Crippen LogP contribution in [0.5, 0.6) is 0 Å². The Kier molecular flexibility index (Phi) is 7.81. The van der Waals surface area contributed by atoms with Gasteiger partial charge in [-0.15, -0.1) is 6.42 Å². The van der Waals surface area contributed by atoms with Gasteiger partial charge in [0.1, 0.15) is 0 Å². The van der Waals surface area contributed by atoms with Crippen LogP contribution in [0.2, 0.25) is 0 Å². The average Bonchev–Trinajstić information content (AvgIpc) is 2.30. The molecule has 0 aliphatic rings. The largest absolute Gasteiger partial charge is 0.481 e. The third-order valence-corrected chi connectivity index (χ3v) is 2.71. The van der Waals surface area contributed by atoms with Crippen LogP contribution in [0.1, 0.15) is 33.6 Å². The van der Waals surface area contributed by atoms with Crippen molar-refractivity contribution in [3.8, 4) is 12.3 Å². The Morgan fingerprint density at radius 1 is 1.39 bits per heavy atom. The molecule has 0 bridgehead atoms. The highest BCUT2D eigenvalue weighted by Crippen LogP contribution is 2.08. The Morgan fingerprint density at radius 2 is 2.00 bits per heavy atom. The number of rotatable bonds is 8. The zero-order valence-corrected chi connectivity index (χ0v) is 11.3. The number of terminal acetylenes is 1. The lowest BCUT2D eigenvalue weighted by Crippen LogP contribution is -2.48. The molecule has 0 heterocycles. The van der Waals surface area contributed by atoms with Crippen molar-refractivity contribution in [2.24, 2.45) is 0 Å². The van der Waals surface area contributed by atoms with E-state index < -0.39 is 5.97 Å². The molecule has 0 spiro atoms. The zero-order chi connectivity index (χ0) is 14.1. The average molecular weight is 254 g/mol. The molecule has 1 unspecified atom stereocenters. The first-order valence-corrected chi connectivity index (χ1v) is 6.08. The van der Waals surface area contributed by atoms with E-state index in [9.17, 15) is 9.59 Å². The van der Waals surface area contributed by atoms with E-state index in [0.29, 0.717) is 13.0 Å². The van der Waals surface area contributed by atoms with Gasteiger partial charge in [-0.2, -0.15) is 0 Å². The van der Waals surface area contributed by atoms with E-state index in [2.05, 4.69) is 11.2 Å². The maximum Gasteiger partial charge on any atom is 0.303 e. The molecular weight excluding hydrogens is 232 g/mol. The lowest BCUT2D eigenvalue weighted by molar-refractivity contribution is -0.137. The third-order valence-electron chi connectivity index (χ3n) is 2.71. The number of carbonyl (C=O) groups excluding carboxylic acids is 1. The molecule has 0 aromatic rings. The van der Waals surface area contributed by atoms with Crippen LogP contribution in [-0.2, 0) is 9.59 Å². The van der Waals surface area contributed by atoms with Gasteiger partial charge in [0.05, 0.1) is 12.6 Å². The summed E-state index contributed by atoms with van der Waals surface area (Å²) in [6.45, 7) is 6.54. The van der Waals surface area contributed by atoms with E-state index in [1.165, 1.54) is 0 Å². The van der Waals surface area contributed by atoms with Crippen molar-refractivity contribution in [3.63, 3.8) is 0 Å². The predicted molar refractivity (Wildman–Crippen MR) is 70.0 cm³/mol. The van der Waals surface area contributed by atoms with Crippen LogP contribution >= 0.6 is 0 Å².